The largest absolute Gasteiger partial charge is 0.356 e. The van der Waals surface area contributed by atoms with Crippen molar-refractivity contribution in [1.29, 1.82) is 0 Å². The molecule has 2 aromatic heterocycles. The Kier molecular flexibility index (Phi) is 5.14. The zero-order chi connectivity index (χ0) is 18.5. The van der Waals surface area contributed by atoms with E-state index < -0.39 is 0 Å². The van der Waals surface area contributed by atoms with Crippen LogP contribution in [-0.2, 0) is 11.3 Å². The summed E-state index contributed by atoms with van der Waals surface area (Å²) in [7, 11) is 0. The second kappa shape index (κ2) is 8.03. The van der Waals surface area contributed by atoms with Crippen molar-refractivity contribution >= 4 is 17.4 Å². The van der Waals surface area contributed by atoms with Gasteiger partial charge in [-0.1, -0.05) is 36.4 Å². The van der Waals surface area contributed by atoms with E-state index in [1.54, 1.807) is 12.4 Å². The summed E-state index contributed by atoms with van der Waals surface area (Å²) in [6.45, 7) is 2.32. The van der Waals surface area contributed by atoms with E-state index in [0.717, 1.165) is 30.9 Å². The van der Waals surface area contributed by atoms with Crippen LogP contribution in [0.4, 0.5) is 11.5 Å². The van der Waals surface area contributed by atoms with Gasteiger partial charge in [-0.25, -0.2) is 4.98 Å². The Morgan fingerprint density at radius 1 is 1.15 bits per heavy atom. The number of amides is 1. The number of nitrogens with one attached hydrogen (secondary N) is 1. The van der Waals surface area contributed by atoms with Crippen LogP contribution in [0.5, 0.6) is 0 Å². The predicted octanol–water partition coefficient (Wildman–Crippen LogP) is 3.18. The molecule has 3 heterocycles. The van der Waals surface area contributed by atoms with Crippen molar-refractivity contribution in [1.82, 2.24) is 14.8 Å². The van der Waals surface area contributed by atoms with Gasteiger partial charge in [0.2, 0.25) is 5.91 Å². The van der Waals surface area contributed by atoms with E-state index >= 15 is 0 Å². The highest BCUT2D eigenvalue weighted by Gasteiger charge is 2.26. The smallest absolute Gasteiger partial charge is 0.229 e. The molecule has 0 aliphatic carbocycles. The van der Waals surface area contributed by atoms with Crippen LogP contribution >= 0.6 is 0 Å². The average Bonchev–Trinajstić information content (AvgIpc) is 3.16. The van der Waals surface area contributed by atoms with Crippen LogP contribution in [0.15, 0.2) is 67.1 Å². The summed E-state index contributed by atoms with van der Waals surface area (Å²) in [6, 6.07) is 16.0. The lowest BCUT2D eigenvalue weighted by Crippen LogP contribution is -2.41. The van der Waals surface area contributed by atoms with Crippen molar-refractivity contribution in [2.24, 2.45) is 5.92 Å². The average molecular weight is 361 g/mol. The van der Waals surface area contributed by atoms with Gasteiger partial charge >= 0.3 is 0 Å². The second-order valence-corrected chi connectivity index (χ2v) is 6.87. The van der Waals surface area contributed by atoms with Gasteiger partial charge in [0.05, 0.1) is 24.3 Å². The first kappa shape index (κ1) is 17.3. The SMILES string of the molecule is O=C(Nc1cnn(Cc2ccccc2)c1)C1CCCN(c2ccccn2)C1. The molecule has 27 heavy (non-hydrogen) atoms. The highest BCUT2D eigenvalue weighted by molar-refractivity contribution is 5.92. The molecule has 0 radical (unpaired) electrons. The first-order valence-electron chi connectivity index (χ1n) is 9.31. The first-order valence-corrected chi connectivity index (χ1v) is 9.31. The molecule has 0 saturated carbocycles. The van der Waals surface area contributed by atoms with Gasteiger partial charge in [-0.05, 0) is 30.5 Å². The summed E-state index contributed by atoms with van der Waals surface area (Å²) in [6.07, 6.45) is 7.26. The van der Waals surface area contributed by atoms with Gasteiger partial charge in [0.15, 0.2) is 0 Å². The summed E-state index contributed by atoms with van der Waals surface area (Å²) in [4.78, 5) is 19.3. The zero-order valence-corrected chi connectivity index (χ0v) is 15.2. The summed E-state index contributed by atoms with van der Waals surface area (Å²) in [5.41, 5.74) is 1.92. The molecule has 4 rings (SSSR count). The number of carbonyl (C=O) groups excluding carboxylic acids is 1. The molecule has 1 N–H and O–H groups in total. The molecule has 138 valence electrons. The second-order valence-electron chi connectivity index (χ2n) is 6.87. The number of aromatic nitrogens is 3. The topological polar surface area (TPSA) is 63.1 Å². The number of rotatable bonds is 5. The third-order valence-corrected chi connectivity index (χ3v) is 4.85. The Morgan fingerprint density at radius 2 is 2.00 bits per heavy atom. The molecule has 1 saturated heterocycles. The minimum atomic E-state index is -0.0433. The first-order chi connectivity index (χ1) is 13.3. The van der Waals surface area contributed by atoms with Gasteiger partial charge in [-0.3, -0.25) is 9.48 Å². The van der Waals surface area contributed by atoms with Gasteiger partial charge in [0.25, 0.3) is 0 Å². The van der Waals surface area contributed by atoms with E-state index in [4.69, 9.17) is 0 Å². The number of pyridine rings is 1. The fraction of sp³-hybridized carbons (Fsp3) is 0.286. The molecular weight excluding hydrogens is 338 g/mol. The third-order valence-electron chi connectivity index (χ3n) is 4.85. The van der Waals surface area contributed by atoms with E-state index in [1.165, 1.54) is 5.56 Å². The van der Waals surface area contributed by atoms with Crippen LogP contribution in [0.2, 0.25) is 0 Å². The van der Waals surface area contributed by atoms with Crippen molar-refractivity contribution in [2.75, 3.05) is 23.3 Å². The molecule has 6 heteroatoms. The summed E-state index contributed by atoms with van der Waals surface area (Å²) < 4.78 is 1.84. The lowest BCUT2D eigenvalue weighted by Gasteiger charge is -2.32. The maximum Gasteiger partial charge on any atom is 0.229 e. The summed E-state index contributed by atoms with van der Waals surface area (Å²) in [5.74, 6) is 0.943. The van der Waals surface area contributed by atoms with E-state index in [1.807, 2.05) is 47.3 Å². The van der Waals surface area contributed by atoms with Crippen LogP contribution in [0, 0.1) is 5.92 Å². The normalized spacial score (nSPS) is 16.9. The van der Waals surface area contributed by atoms with E-state index in [0.29, 0.717) is 13.1 Å². The summed E-state index contributed by atoms with van der Waals surface area (Å²) >= 11 is 0. The van der Waals surface area contributed by atoms with Crippen molar-refractivity contribution in [3.63, 3.8) is 0 Å². The number of hydrogen-bond donors (Lipinski definition) is 1. The quantitative estimate of drug-likeness (QED) is 0.758. The van der Waals surface area contributed by atoms with Gasteiger partial charge in [-0.2, -0.15) is 5.10 Å². The predicted molar refractivity (Wildman–Crippen MR) is 106 cm³/mol. The highest BCUT2D eigenvalue weighted by atomic mass is 16.1. The molecule has 1 amide bonds. The third kappa shape index (κ3) is 4.34. The Morgan fingerprint density at radius 3 is 2.81 bits per heavy atom. The molecule has 1 unspecified atom stereocenters. The minimum absolute atomic E-state index is 0.0433. The zero-order valence-electron chi connectivity index (χ0n) is 15.2. The van der Waals surface area contributed by atoms with Crippen molar-refractivity contribution in [2.45, 2.75) is 19.4 Å². The fourth-order valence-electron chi connectivity index (χ4n) is 3.47. The maximum absolute atomic E-state index is 12.7. The van der Waals surface area contributed by atoms with E-state index in [2.05, 4.69) is 32.4 Å². The van der Waals surface area contributed by atoms with Gasteiger partial charge < -0.3 is 10.2 Å². The Labute approximate surface area is 158 Å². The summed E-state index contributed by atoms with van der Waals surface area (Å²) in [5, 5.41) is 7.37. The van der Waals surface area contributed by atoms with E-state index in [-0.39, 0.29) is 11.8 Å². The fourth-order valence-corrected chi connectivity index (χ4v) is 3.47. The van der Waals surface area contributed by atoms with Crippen LogP contribution < -0.4 is 10.2 Å². The van der Waals surface area contributed by atoms with Gasteiger partial charge in [0, 0.05) is 25.5 Å². The molecule has 1 fully saturated rings. The van der Waals surface area contributed by atoms with Crippen LogP contribution in [0.25, 0.3) is 0 Å². The monoisotopic (exact) mass is 361 g/mol. The van der Waals surface area contributed by atoms with Gasteiger partial charge in [0.1, 0.15) is 5.82 Å². The molecule has 6 nitrogen and oxygen atoms in total. The minimum Gasteiger partial charge on any atom is -0.356 e. The Hall–Kier alpha value is -3.15. The molecule has 0 spiro atoms. The van der Waals surface area contributed by atoms with Crippen molar-refractivity contribution in [3.8, 4) is 0 Å². The van der Waals surface area contributed by atoms with Gasteiger partial charge in [-0.15, -0.1) is 0 Å². The van der Waals surface area contributed by atoms with E-state index in [9.17, 15) is 4.79 Å². The molecule has 0 bridgehead atoms. The molecule has 1 atom stereocenters. The number of anilines is 2. The molecular formula is C21H23N5O. The molecule has 1 aromatic carbocycles. The molecule has 3 aromatic rings. The number of carbonyl (C=O) groups is 1. The maximum atomic E-state index is 12.7. The van der Waals surface area contributed by atoms with Crippen molar-refractivity contribution < 1.29 is 4.79 Å². The van der Waals surface area contributed by atoms with Crippen LogP contribution in [-0.4, -0.2) is 33.8 Å². The number of piperidine rings is 1. The van der Waals surface area contributed by atoms with Crippen LogP contribution in [0.1, 0.15) is 18.4 Å². The van der Waals surface area contributed by atoms with Crippen LogP contribution in [0.3, 0.4) is 0 Å². The standard InChI is InChI=1S/C21H23N5O/c27-21(18-9-6-12-25(15-18)20-10-4-5-11-22-20)24-19-13-23-26(16-19)14-17-7-2-1-3-8-17/h1-5,7-8,10-11,13,16,18H,6,9,12,14-15H2,(H,24,27). The van der Waals surface area contributed by atoms with Crippen molar-refractivity contribution in [3.05, 3.63) is 72.7 Å². The lowest BCUT2D eigenvalue weighted by molar-refractivity contribution is -0.120. The molecule has 1 aliphatic heterocycles. The Bertz CT molecular complexity index is 878. The highest BCUT2D eigenvalue weighted by Crippen LogP contribution is 2.22. The number of benzene rings is 1. The lowest BCUT2D eigenvalue weighted by atomic mass is 9.97. The molecule has 1 aliphatic rings. The Balaban J connectivity index is 1.36. The number of nitrogens with zero attached hydrogens (tertiary/aromatic N) is 4. The number of hydrogen-bond acceptors (Lipinski definition) is 4.